The van der Waals surface area contributed by atoms with Crippen LogP contribution in [-0.2, 0) is 26.2 Å². The van der Waals surface area contributed by atoms with Crippen LogP contribution in [0.1, 0.15) is 49.4 Å². The first kappa shape index (κ1) is 31.7. The molecule has 3 rings (SSSR count). The Morgan fingerprint density at radius 1 is 0.927 bits per heavy atom. The van der Waals surface area contributed by atoms with Gasteiger partial charge in [-0.1, -0.05) is 54.4 Å². The van der Waals surface area contributed by atoms with Crippen LogP contribution in [0, 0.1) is 20.8 Å². The molecular formula is C32H41N3O5S. The van der Waals surface area contributed by atoms with Crippen LogP contribution in [-0.4, -0.2) is 50.9 Å². The van der Waals surface area contributed by atoms with Crippen molar-refractivity contribution in [3.8, 4) is 5.75 Å². The van der Waals surface area contributed by atoms with Gasteiger partial charge in [-0.2, -0.15) is 0 Å². The van der Waals surface area contributed by atoms with Crippen LogP contribution in [0.4, 0.5) is 5.69 Å². The quantitative estimate of drug-likeness (QED) is 0.320. The Balaban J connectivity index is 2.07. The van der Waals surface area contributed by atoms with Gasteiger partial charge in [0.05, 0.1) is 17.7 Å². The van der Waals surface area contributed by atoms with Crippen LogP contribution >= 0.6 is 0 Å². The lowest BCUT2D eigenvalue weighted by Gasteiger charge is -2.33. The molecule has 0 unspecified atom stereocenters. The SMILES string of the molecule is CC[C@@H](C)NC(=O)[C@@H](C)N(Cc1cccc(OC)c1)C(=O)CN(c1ccc(C)cc1C)S(=O)(=O)c1ccc(C)cc1. The van der Waals surface area contributed by atoms with Crippen LogP contribution in [0.25, 0.3) is 0 Å². The zero-order chi connectivity index (χ0) is 30.3. The number of aryl methyl sites for hydroxylation is 3. The van der Waals surface area contributed by atoms with E-state index in [-0.39, 0.29) is 23.4 Å². The van der Waals surface area contributed by atoms with Crippen LogP contribution < -0.4 is 14.4 Å². The number of hydrogen-bond acceptors (Lipinski definition) is 5. The zero-order valence-corrected chi connectivity index (χ0v) is 25.8. The maximum atomic E-state index is 14.1. The lowest BCUT2D eigenvalue weighted by atomic mass is 10.1. The number of amides is 2. The Bertz CT molecular complexity index is 1470. The predicted octanol–water partition coefficient (Wildman–Crippen LogP) is 5.15. The van der Waals surface area contributed by atoms with Gasteiger partial charge in [0.1, 0.15) is 18.3 Å². The number of anilines is 1. The minimum absolute atomic E-state index is 0.0765. The van der Waals surface area contributed by atoms with Crippen molar-refractivity contribution in [2.24, 2.45) is 0 Å². The molecule has 3 aromatic rings. The number of carbonyl (C=O) groups excluding carboxylic acids is 2. The smallest absolute Gasteiger partial charge is 0.264 e. The fourth-order valence-electron chi connectivity index (χ4n) is 4.45. The summed E-state index contributed by atoms with van der Waals surface area (Å²) in [6, 6.07) is 18.3. The minimum atomic E-state index is -4.12. The van der Waals surface area contributed by atoms with E-state index in [0.717, 1.165) is 33.0 Å². The van der Waals surface area contributed by atoms with Gasteiger partial charge in [-0.25, -0.2) is 8.42 Å². The standard InChI is InChI=1S/C32H41N3O5S/c1-8-25(5)33-32(37)26(6)34(20-27-10-9-11-28(19-27)40-7)31(36)21-35(30-17-14-23(3)18-24(30)4)41(38,39)29-15-12-22(2)13-16-29/h9-19,25-26H,8,20-21H2,1-7H3,(H,33,37)/t25-,26-/m1/s1. The number of carbonyl (C=O) groups is 2. The molecule has 1 N–H and O–H groups in total. The number of nitrogens with one attached hydrogen (secondary N) is 1. The van der Waals surface area contributed by atoms with Gasteiger partial charge in [0, 0.05) is 12.6 Å². The molecule has 0 bridgehead atoms. The second kappa shape index (κ2) is 13.7. The second-order valence-electron chi connectivity index (χ2n) is 10.5. The summed E-state index contributed by atoms with van der Waals surface area (Å²) in [4.78, 5) is 28.8. The van der Waals surface area contributed by atoms with Crippen molar-refractivity contribution in [3.05, 3.63) is 89.0 Å². The summed E-state index contributed by atoms with van der Waals surface area (Å²) in [6.45, 7) is 10.8. The number of benzene rings is 3. The van der Waals surface area contributed by atoms with E-state index in [2.05, 4.69) is 5.32 Å². The maximum absolute atomic E-state index is 14.1. The summed E-state index contributed by atoms with van der Waals surface area (Å²) in [6.07, 6.45) is 0.734. The van der Waals surface area contributed by atoms with Crippen LogP contribution in [0.2, 0.25) is 0 Å². The number of methoxy groups -OCH3 is 1. The monoisotopic (exact) mass is 579 g/mol. The minimum Gasteiger partial charge on any atom is -0.497 e. The van der Waals surface area contributed by atoms with Gasteiger partial charge in [-0.3, -0.25) is 13.9 Å². The molecule has 0 aliphatic heterocycles. The number of rotatable bonds is 12. The molecular weight excluding hydrogens is 538 g/mol. The predicted molar refractivity (Wildman–Crippen MR) is 163 cm³/mol. The van der Waals surface area contributed by atoms with E-state index in [1.54, 1.807) is 56.5 Å². The summed E-state index contributed by atoms with van der Waals surface area (Å²) in [5.74, 6) is -0.198. The van der Waals surface area contributed by atoms with E-state index in [1.807, 2.05) is 58.9 Å². The molecule has 41 heavy (non-hydrogen) atoms. The third kappa shape index (κ3) is 7.88. The molecule has 0 spiro atoms. The lowest BCUT2D eigenvalue weighted by Crippen LogP contribution is -2.52. The van der Waals surface area contributed by atoms with Crippen molar-refractivity contribution in [2.45, 2.75) is 71.5 Å². The summed E-state index contributed by atoms with van der Waals surface area (Å²) in [5.41, 5.74) is 3.77. The molecule has 0 aliphatic carbocycles. The molecule has 2 atom stereocenters. The van der Waals surface area contributed by atoms with E-state index in [0.29, 0.717) is 11.4 Å². The van der Waals surface area contributed by atoms with Gasteiger partial charge in [-0.05, 0) is 82.5 Å². The fraction of sp³-hybridized carbons (Fsp3) is 0.375. The third-order valence-corrected chi connectivity index (χ3v) is 8.94. The first-order chi connectivity index (χ1) is 19.4. The lowest BCUT2D eigenvalue weighted by molar-refractivity contribution is -0.139. The van der Waals surface area contributed by atoms with Gasteiger partial charge >= 0.3 is 0 Å². The maximum Gasteiger partial charge on any atom is 0.264 e. The highest BCUT2D eigenvalue weighted by Crippen LogP contribution is 2.28. The van der Waals surface area contributed by atoms with Crippen molar-refractivity contribution in [3.63, 3.8) is 0 Å². The summed E-state index contributed by atoms with van der Waals surface area (Å²) in [7, 11) is -2.56. The van der Waals surface area contributed by atoms with E-state index >= 15 is 0 Å². The fourth-order valence-corrected chi connectivity index (χ4v) is 5.93. The topological polar surface area (TPSA) is 96.0 Å². The normalized spacial score (nSPS) is 12.8. The molecule has 0 aromatic heterocycles. The van der Waals surface area contributed by atoms with Gasteiger partial charge in [0.25, 0.3) is 10.0 Å². The Kier molecular flexibility index (Phi) is 10.6. The molecule has 0 fully saturated rings. The Labute approximate surface area is 244 Å². The molecule has 0 saturated heterocycles. The molecule has 220 valence electrons. The molecule has 0 aliphatic rings. The number of nitrogens with zero attached hydrogens (tertiary/aromatic N) is 2. The zero-order valence-electron chi connectivity index (χ0n) is 25.0. The Morgan fingerprint density at radius 3 is 2.20 bits per heavy atom. The molecule has 0 heterocycles. The van der Waals surface area contributed by atoms with Gasteiger partial charge in [-0.15, -0.1) is 0 Å². The van der Waals surface area contributed by atoms with Crippen LogP contribution in [0.15, 0.2) is 71.6 Å². The highest BCUT2D eigenvalue weighted by molar-refractivity contribution is 7.92. The van der Waals surface area contributed by atoms with Crippen LogP contribution in [0.3, 0.4) is 0 Å². The van der Waals surface area contributed by atoms with Crippen molar-refractivity contribution in [1.82, 2.24) is 10.2 Å². The summed E-state index contributed by atoms with van der Waals surface area (Å²) >= 11 is 0. The van der Waals surface area contributed by atoms with Crippen molar-refractivity contribution < 1.29 is 22.7 Å². The van der Waals surface area contributed by atoms with Crippen molar-refractivity contribution in [2.75, 3.05) is 18.0 Å². The summed E-state index contributed by atoms with van der Waals surface area (Å²) < 4.78 is 34.6. The highest BCUT2D eigenvalue weighted by atomic mass is 32.2. The third-order valence-electron chi connectivity index (χ3n) is 7.16. The molecule has 2 amide bonds. The first-order valence-corrected chi connectivity index (χ1v) is 15.2. The number of ether oxygens (including phenoxy) is 1. The van der Waals surface area contributed by atoms with E-state index in [9.17, 15) is 18.0 Å². The molecule has 9 heteroatoms. The molecule has 8 nitrogen and oxygen atoms in total. The van der Waals surface area contributed by atoms with E-state index in [4.69, 9.17) is 4.74 Å². The van der Waals surface area contributed by atoms with Gasteiger partial charge in [0.2, 0.25) is 11.8 Å². The van der Waals surface area contributed by atoms with Crippen LogP contribution in [0.5, 0.6) is 5.75 Å². The van der Waals surface area contributed by atoms with Gasteiger partial charge < -0.3 is 15.0 Å². The Hall–Kier alpha value is -3.85. The number of hydrogen-bond donors (Lipinski definition) is 1. The molecule has 0 radical (unpaired) electrons. The highest BCUT2D eigenvalue weighted by Gasteiger charge is 2.33. The first-order valence-electron chi connectivity index (χ1n) is 13.8. The average molecular weight is 580 g/mol. The Morgan fingerprint density at radius 2 is 1.59 bits per heavy atom. The largest absolute Gasteiger partial charge is 0.497 e. The molecule has 3 aromatic carbocycles. The van der Waals surface area contributed by atoms with E-state index < -0.39 is 28.5 Å². The summed E-state index contributed by atoms with van der Waals surface area (Å²) in [5, 5.41) is 2.95. The van der Waals surface area contributed by atoms with Crippen molar-refractivity contribution >= 4 is 27.5 Å². The van der Waals surface area contributed by atoms with E-state index in [1.165, 1.54) is 4.90 Å². The van der Waals surface area contributed by atoms with Gasteiger partial charge in [0.15, 0.2) is 0 Å². The van der Waals surface area contributed by atoms with Crippen molar-refractivity contribution in [1.29, 1.82) is 0 Å². The average Bonchev–Trinajstić information content (AvgIpc) is 2.94. The second-order valence-corrected chi connectivity index (χ2v) is 12.3. The number of sulfonamides is 1. The molecule has 0 saturated carbocycles.